The van der Waals surface area contributed by atoms with Crippen LogP contribution in [0.15, 0.2) is 46.9 Å². The molecule has 6 heteroatoms. The number of rotatable bonds is 3. The molecule has 2 aromatic carbocycles. The van der Waals surface area contributed by atoms with Crippen molar-refractivity contribution in [3.8, 4) is 0 Å². The van der Waals surface area contributed by atoms with Gasteiger partial charge in [0.2, 0.25) is 0 Å². The van der Waals surface area contributed by atoms with Crippen molar-refractivity contribution >= 4 is 55.0 Å². The minimum Gasteiger partial charge on any atom is -0.478 e. The molecular formula is C14H9BrN2O2S. The number of nitrogens with one attached hydrogen (secondary N) is 1. The van der Waals surface area contributed by atoms with Crippen LogP contribution >= 0.6 is 27.5 Å². The number of nitrogens with zero attached hydrogens (tertiary/aromatic N) is 1. The number of benzene rings is 2. The van der Waals surface area contributed by atoms with Crippen LogP contribution in [-0.2, 0) is 0 Å². The second kappa shape index (κ2) is 5.22. The van der Waals surface area contributed by atoms with E-state index in [0.717, 1.165) is 21.6 Å². The average molecular weight is 349 g/mol. The van der Waals surface area contributed by atoms with E-state index in [-0.39, 0.29) is 5.56 Å². The van der Waals surface area contributed by atoms with E-state index >= 15 is 0 Å². The van der Waals surface area contributed by atoms with Crippen LogP contribution in [0.1, 0.15) is 10.4 Å². The summed E-state index contributed by atoms with van der Waals surface area (Å²) in [7, 11) is 0. The van der Waals surface area contributed by atoms with Gasteiger partial charge in [0.25, 0.3) is 0 Å². The van der Waals surface area contributed by atoms with Crippen molar-refractivity contribution in [2.24, 2.45) is 0 Å². The van der Waals surface area contributed by atoms with Gasteiger partial charge in [0.05, 0.1) is 16.8 Å². The van der Waals surface area contributed by atoms with E-state index < -0.39 is 5.97 Å². The minimum absolute atomic E-state index is 0.247. The van der Waals surface area contributed by atoms with Gasteiger partial charge in [-0.05, 0) is 57.8 Å². The largest absolute Gasteiger partial charge is 0.478 e. The first kappa shape index (κ1) is 13.1. The number of carboxylic acid groups (broad SMARTS) is 1. The van der Waals surface area contributed by atoms with Gasteiger partial charge < -0.3 is 10.4 Å². The summed E-state index contributed by atoms with van der Waals surface area (Å²) in [4.78, 5) is 10.9. The first-order chi connectivity index (χ1) is 9.65. The van der Waals surface area contributed by atoms with Crippen molar-refractivity contribution in [3.63, 3.8) is 0 Å². The van der Waals surface area contributed by atoms with Crippen LogP contribution in [0.5, 0.6) is 0 Å². The molecule has 0 fully saturated rings. The predicted octanol–water partition coefficient (Wildman–Crippen LogP) is 4.50. The third-order valence-corrected chi connectivity index (χ3v) is 4.30. The molecule has 0 radical (unpaired) electrons. The van der Waals surface area contributed by atoms with Gasteiger partial charge in [-0.15, -0.1) is 0 Å². The van der Waals surface area contributed by atoms with Gasteiger partial charge in [0.1, 0.15) is 5.00 Å². The second-order valence-electron chi connectivity index (χ2n) is 4.15. The van der Waals surface area contributed by atoms with Gasteiger partial charge in [-0.1, -0.05) is 12.1 Å². The first-order valence-corrected chi connectivity index (χ1v) is 7.36. The van der Waals surface area contributed by atoms with Gasteiger partial charge >= 0.3 is 5.97 Å². The number of anilines is 2. The molecule has 0 saturated heterocycles. The zero-order chi connectivity index (χ0) is 14.1. The predicted molar refractivity (Wildman–Crippen MR) is 84.0 cm³/mol. The molecule has 0 atom stereocenters. The van der Waals surface area contributed by atoms with Gasteiger partial charge in [0, 0.05) is 9.86 Å². The van der Waals surface area contributed by atoms with Gasteiger partial charge in [0.15, 0.2) is 0 Å². The Morgan fingerprint density at radius 1 is 1.25 bits per heavy atom. The molecule has 1 aromatic heterocycles. The van der Waals surface area contributed by atoms with Gasteiger partial charge in [-0.3, -0.25) is 0 Å². The molecule has 0 aliphatic heterocycles. The Balaban J connectivity index is 1.97. The SMILES string of the molecule is O=C(O)c1ccc(Nc2snc3ccccc23)c(Br)c1. The Kier molecular flexibility index (Phi) is 3.42. The number of aromatic nitrogens is 1. The van der Waals surface area contributed by atoms with Crippen molar-refractivity contribution in [1.29, 1.82) is 0 Å². The number of halogens is 1. The van der Waals surface area contributed by atoms with Crippen molar-refractivity contribution < 1.29 is 9.90 Å². The molecule has 3 aromatic rings. The Morgan fingerprint density at radius 3 is 2.80 bits per heavy atom. The molecular weight excluding hydrogens is 340 g/mol. The van der Waals surface area contributed by atoms with Crippen LogP contribution in [-0.4, -0.2) is 15.4 Å². The quantitative estimate of drug-likeness (QED) is 0.731. The molecule has 4 nitrogen and oxygen atoms in total. The summed E-state index contributed by atoms with van der Waals surface area (Å²) in [5, 5.41) is 14.2. The summed E-state index contributed by atoms with van der Waals surface area (Å²) in [6.07, 6.45) is 0. The molecule has 0 bridgehead atoms. The van der Waals surface area contributed by atoms with E-state index in [0.29, 0.717) is 4.47 Å². The highest BCUT2D eigenvalue weighted by Gasteiger charge is 2.10. The number of hydrogen-bond donors (Lipinski definition) is 2. The molecule has 0 aliphatic carbocycles. The highest BCUT2D eigenvalue weighted by Crippen LogP contribution is 2.33. The van der Waals surface area contributed by atoms with Crippen LogP contribution < -0.4 is 5.32 Å². The minimum atomic E-state index is -0.944. The van der Waals surface area contributed by atoms with Crippen LogP contribution in [0, 0.1) is 0 Å². The van der Waals surface area contributed by atoms with E-state index in [2.05, 4.69) is 25.6 Å². The summed E-state index contributed by atoms with van der Waals surface area (Å²) in [6.45, 7) is 0. The molecule has 0 amide bonds. The maximum atomic E-state index is 10.9. The lowest BCUT2D eigenvalue weighted by molar-refractivity contribution is 0.0697. The lowest BCUT2D eigenvalue weighted by Crippen LogP contribution is -1.97. The molecule has 0 saturated carbocycles. The lowest BCUT2D eigenvalue weighted by atomic mass is 10.2. The Hall–Kier alpha value is -1.92. The van der Waals surface area contributed by atoms with E-state index in [1.807, 2.05) is 24.3 Å². The highest BCUT2D eigenvalue weighted by molar-refractivity contribution is 9.10. The number of carboxylic acids is 1. The van der Waals surface area contributed by atoms with Crippen LogP contribution in [0.2, 0.25) is 0 Å². The average Bonchev–Trinajstić information content (AvgIpc) is 2.84. The number of carbonyl (C=O) groups is 1. The van der Waals surface area contributed by atoms with E-state index in [4.69, 9.17) is 5.11 Å². The maximum absolute atomic E-state index is 10.9. The van der Waals surface area contributed by atoms with Crippen molar-refractivity contribution in [2.45, 2.75) is 0 Å². The monoisotopic (exact) mass is 348 g/mol. The normalized spacial score (nSPS) is 10.7. The fourth-order valence-electron chi connectivity index (χ4n) is 1.85. The zero-order valence-electron chi connectivity index (χ0n) is 10.1. The Bertz CT molecular complexity index is 801. The lowest BCUT2D eigenvalue weighted by Gasteiger charge is -2.07. The van der Waals surface area contributed by atoms with E-state index in [9.17, 15) is 4.79 Å². The molecule has 20 heavy (non-hydrogen) atoms. The summed E-state index contributed by atoms with van der Waals surface area (Å²) < 4.78 is 5.06. The van der Waals surface area contributed by atoms with Crippen LogP contribution in [0.4, 0.5) is 10.7 Å². The van der Waals surface area contributed by atoms with Crippen LogP contribution in [0.3, 0.4) is 0 Å². The molecule has 1 heterocycles. The highest BCUT2D eigenvalue weighted by atomic mass is 79.9. The summed E-state index contributed by atoms with van der Waals surface area (Å²) in [5.74, 6) is -0.944. The van der Waals surface area contributed by atoms with Gasteiger partial charge in [-0.2, -0.15) is 4.37 Å². The Morgan fingerprint density at radius 2 is 2.05 bits per heavy atom. The molecule has 100 valence electrons. The summed E-state index contributed by atoms with van der Waals surface area (Å²) >= 11 is 4.76. The summed E-state index contributed by atoms with van der Waals surface area (Å²) in [5.41, 5.74) is 2.00. The number of hydrogen-bond acceptors (Lipinski definition) is 4. The third-order valence-electron chi connectivity index (χ3n) is 2.85. The number of aromatic carboxylic acids is 1. The fourth-order valence-corrected chi connectivity index (χ4v) is 3.10. The van der Waals surface area contributed by atoms with E-state index in [1.165, 1.54) is 11.5 Å². The fraction of sp³-hybridized carbons (Fsp3) is 0. The Labute approximate surface area is 127 Å². The van der Waals surface area contributed by atoms with Crippen LogP contribution in [0.25, 0.3) is 10.9 Å². The van der Waals surface area contributed by atoms with Crippen molar-refractivity contribution in [2.75, 3.05) is 5.32 Å². The molecule has 3 rings (SSSR count). The second-order valence-corrected chi connectivity index (χ2v) is 5.78. The molecule has 2 N–H and O–H groups in total. The maximum Gasteiger partial charge on any atom is 0.335 e. The first-order valence-electron chi connectivity index (χ1n) is 5.79. The van der Waals surface area contributed by atoms with E-state index in [1.54, 1.807) is 18.2 Å². The number of fused-ring (bicyclic) bond motifs is 1. The molecule has 0 spiro atoms. The van der Waals surface area contributed by atoms with Crippen molar-refractivity contribution in [3.05, 3.63) is 52.5 Å². The topological polar surface area (TPSA) is 62.2 Å². The standard InChI is InChI=1S/C14H9BrN2O2S/c15-10-7-8(14(18)19)5-6-12(10)16-13-9-3-1-2-4-11(9)17-20-13/h1-7,16H,(H,18,19). The zero-order valence-corrected chi connectivity index (χ0v) is 12.5. The van der Waals surface area contributed by atoms with Crippen molar-refractivity contribution in [1.82, 2.24) is 4.37 Å². The third kappa shape index (κ3) is 2.39. The molecule has 0 aliphatic rings. The van der Waals surface area contributed by atoms with Gasteiger partial charge in [-0.25, -0.2) is 4.79 Å². The smallest absolute Gasteiger partial charge is 0.335 e. The summed E-state index contributed by atoms with van der Waals surface area (Å²) in [6, 6.07) is 12.8. The molecule has 0 unspecified atom stereocenters.